The fourth-order valence-corrected chi connectivity index (χ4v) is 9.19. The van der Waals surface area contributed by atoms with Crippen molar-refractivity contribution in [2.75, 3.05) is 9.80 Å². The number of fused-ring (bicyclic) bond motifs is 2. The summed E-state index contributed by atoms with van der Waals surface area (Å²) in [5.41, 5.74) is 16.6. The average molecular weight is 849 g/mol. The largest absolute Gasteiger partial charge is 0.384 e. The van der Waals surface area contributed by atoms with Gasteiger partial charge in [0.1, 0.15) is 6.10 Å². The van der Waals surface area contributed by atoms with Gasteiger partial charge in [-0.25, -0.2) is 0 Å². The van der Waals surface area contributed by atoms with Gasteiger partial charge in [0.15, 0.2) is 5.78 Å². The fraction of sp³-hybridized carbons (Fsp3) is 0.0161. The average Bonchev–Trinajstić information content (AvgIpc) is 3.40. The Morgan fingerprint density at radius 2 is 0.500 bits per heavy atom. The van der Waals surface area contributed by atoms with Gasteiger partial charge in [0, 0.05) is 45.3 Å². The van der Waals surface area contributed by atoms with Crippen LogP contribution in [0.15, 0.2) is 255 Å². The van der Waals surface area contributed by atoms with Gasteiger partial charge < -0.3 is 14.9 Å². The van der Waals surface area contributed by atoms with Crippen molar-refractivity contribution < 1.29 is 9.90 Å². The Balaban J connectivity index is 0.983. The number of nitrogens with zero attached hydrogens (tertiary/aromatic N) is 2. The van der Waals surface area contributed by atoms with Crippen molar-refractivity contribution in [1.29, 1.82) is 0 Å². The van der Waals surface area contributed by atoms with E-state index < -0.39 is 6.10 Å². The van der Waals surface area contributed by atoms with Gasteiger partial charge >= 0.3 is 0 Å². The van der Waals surface area contributed by atoms with E-state index in [1.807, 2.05) is 60.7 Å². The zero-order valence-corrected chi connectivity index (χ0v) is 36.1. The number of aliphatic hydroxyl groups is 1. The summed E-state index contributed by atoms with van der Waals surface area (Å²) >= 11 is 0. The molecule has 0 saturated carbocycles. The number of carbonyl (C=O) groups is 1. The van der Waals surface area contributed by atoms with E-state index in [0.29, 0.717) is 22.3 Å². The van der Waals surface area contributed by atoms with Crippen LogP contribution in [0.5, 0.6) is 0 Å². The summed E-state index contributed by atoms with van der Waals surface area (Å²) in [7, 11) is 0. The van der Waals surface area contributed by atoms with Crippen LogP contribution in [0.2, 0.25) is 0 Å². The standard InChI is InChI=1S/C62H44N2O2/c65-61-57-39-37-55(63(51-29-21-47(22-30-51)43-13-5-1-6-14-43)52-31-23-48(24-32-52)44-15-7-2-8-16-44)41-59(57)62(66)60-42-56(38-40-58(60)61)64(53-33-25-49(26-34-53)45-17-9-3-10-18-45)54-35-27-50(28-36-54)46-19-11-4-12-20-46/h1-42,62,66H. The Hall–Kier alpha value is -8.57. The molecule has 1 aliphatic carbocycles. The molecule has 0 atom stereocenters. The van der Waals surface area contributed by atoms with Gasteiger partial charge in [-0.1, -0.05) is 170 Å². The number of benzene rings is 10. The normalized spacial score (nSPS) is 12.0. The minimum absolute atomic E-state index is 0.111. The van der Waals surface area contributed by atoms with Crippen LogP contribution < -0.4 is 9.80 Å². The molecule has 1 aliphatic rings. The van der Waals surface area contributed by atoms with Crippen molar-refractivity contribution in [3.63, 3.8) is 0 Å². The molecule has 66 heavy (non-hydrogen) atoms. The van der Waals surface area contributed by atoms with Gasteiger partial charge in [-0.3, -0.25) is 4.79 Å². The Kier molecular flexibility index (Phi) is 10.7. The molecule has 0 saturated heterocycles. The maximum atomic E-state index is 14.4. The van der Waals surface area contributed by atoms with Crippen LogP contribution in [-0.2, 0) is 0 Å². The Morgan fingerprint density at radius 1 is 0.273 bits per heavy atom. The van der Waals surface area contributed by atoms with Crippen molar-refractivity contribution in [3.05, 3.63) is 277 Å². The van der Waals surface area contributed by atoms with Gasteiger partial charge in [0.2, 0.25) is 0 Å². The topological polar surface area (TPSA) is 43.8 Å². The second kappa shape index (κ2) is 17.5. The van der Waals surface area contributed by atoms with Crippen LogP contribution in [0.3, 0.4) is 0 Å². The second-order valence-corrected chi connectivity index (χ2v) is 16.6. The third-order valence-corrected chi connectivity index (χ3v) is 12.6. The first-order chi connectivity index (χ1) is 32.6. The summed E-state index contributed by atoms with van der Waals surface area (Å²) in [5.74, 6) is -0.111. The van der Waals surface area contributed by atoms with Crippen molar-refractivity contribution in [2.24, 2.45) is 0 Å². The van der Waals surface area contributed by atoms with Crippen molar-refractivity contribution in [2.45, 2.75) is 6.10 Å². The van der Waals surface area contributed by atoms with Crippen LogP contribution in [-0.4, -0.2) is 10.9 Å². The number of ketones is 1. The highest BCUT2D eigenvalue weighted by Gasteiger charge is 2.32. The van der Waals surface area contributed by atoms with Gasteiger partial charge in [-0.15, -0.1) is 0 Å². The molecule has 1 N–H and O–H groups in total. The van der Waals surface area contributed by atoms with Gasteiger partial charge in [-0.2, -0.15) is 0 Å². The number of anilines is 6. The number of hydrogen-bond acceptors (Lipinski definition) is 4. The molecule has 4 nitrogen and oxygen atoms in total. The molecule has 11 rings (SSSR count). The molecule has 0 fully saturated rings. The van der Waals surface area contributed by atoms with Gasteiger partial charge in [0.25, 0.3) is 0 Å². The first kappa shape index (κ1) is 40.2. The van der Waals surface area contributed by atoms with E-state index in [0.717, 1.165) is 78.6 Å². The van der Waals surface area contributed by atoms with Crippen LogP contribution in [0, 0.1) is 0 Å². The molecule has 0 spiro atoms. The zero-order chi connectivity index (χ0) is 44.4. The lowest BCUT2D eigenvalue weighted by atomic mass is 9.82. The lowest BCUT2D eigenvalue weighted by Gasteiger charge is -2.31. The quantitative estimate of drug-likeness (QED) is 0.149. The molecule has 0 aromatic heterocycles. The van der Waals surface area contributed by atoms with Gasteiger partial charge in [-0.05, 0) is 141 Å². The predicted octanol–water partition coefficient (Wildman–Crippen LogP) is 15.9. The number of carbonyl (C=O) groups excluding carboxylic acids is 1. The van der Waals surface area contributed by atoms with Crippen LogP contribution in [0.1, 0.15) is 33.2 Å². The van der Waals surface area contributed by atoms with E-state index in [2.05, 4.69) is 204 Å². The van der Waals surface area contributed by atoms with E-state index >= 15 is 0 Å². The van der Waals surface area contributed by atoms with E-state index in [9.17, 15) is 9.90 Å². The first-order valence-electron chi connectivity index (χ1n) is 22.3. The zero-order valence-electron chi connectivity index (χ0n) is 36.1. The van der Waals surface area contributed by atoms with E-state index in [1.165, 1.54) is 0 Å². The molecule has 0 heterocycles. The predicted molar refractivity (Wildman–Crippen MR) is 271 cm³/mol. The maximum Gasteiger partial charge on any atom is 0.193 e. The molecule has 314 valence electrons. The Bertz CT molecular complexity index is 2890. The molecule has 10 aromatic carbocycles. The second-order valence-electron chi connectivity index (χ2n) is 16.6. The number of aliphatic hydroxyl groups excluding tert-OH is 1. The Morgan fingerprint density at radius 3 is 0.758 bits per heavy atom. The molecule has 0 amide bonds. The maximum absolute atomic E-state index is 14.4. The summed E-state index contributed by atoms with van der Waals surface area (Å²) in [6.07, 6.45) is -1.06. The summed E-state index contributed by atoms with van der Waals surface area (Å²) in [5, 5.41) is 12.5. The van der Waals surface area contributed by atoms with E-state index in [-0.39, 0.29) is 5.78 Å². The van der Waals surface area contributed by atoms with Crippen LogP contribution in [0.25, 0.3) is 44.5 Å². The highest BCUT2D eigenvalue weighted by Crippen LogP contribution is 2.44. The fourth-order valence-electron chi connectivity index (χ4n) is 9.19. The summed E-state index contributed by atoms with van der Waals surface area (Å²) in [6, 6.07) is 87.2. The summed E-state index contributed by atoms with van der Waals surface area (Å²) in [4.78, 5) is 18.8. The summed E-state index contributed by atoms with van der Waals surface area (Å²) < 4.78 is 0. The molecule has 0 bridgehead atoms. The molecule has 10 aromatic rings. The van der Waals surface area contributed by atoms with Gasteiger partial charge in [0.05, 0.1) is 0 Å². The monoisotopic (exact) mass is 848 g/mol. The van der Waals surface area contributed by atoms with Crippen molar-refractivity contribution in [1.82, 2.24) is 0 Å². The highest BCUT2D eigenvalue weighted by molar-refractivity contribution is 6.13. The van der Waals surface area contributed by atoms with E-state index in [4.69, 9.17) is 0 Å². The number of hydrogen-bond donors (Lipinski definition) is 1. The minimum atomic E-state index is -1.06. The molecular weight excluding hydrogens is 805 g/mol. The molecule has 0 radical (unpaired) electrons. The summed E-state index contributed by atoms with van der Waals surface area (Å²) in [6.45, 7) is 0. The van der Waals surface area contributed by atoms with Crippen molar-refractivity contribution >= 4 is 39.9 Å². The lowest BCUT2D eigenvalue weighted by Crippen LogP contribution is -2.21. The third kappa shape index (κ3) is 7.76. The van der Waals surface area contributed by atoms with E-state index in [1.54, 1.807) is 0 Å². The Labute approximate surface area is 385 Å². The highest BCUT2D eigenvalue weighted by atomic mass is 16.3. The van der Waals surface area contributed by atoms with Crippen LogP contribution in [0.4, 0.5) is 34.1 Å². The third-order valence-electron chi connectivity index (χ3n) is 12.6. The molecule has 0 unspecified atom stereocenters. The first-order valence-corrected chi connectivity index (χ1v) is 22.3. The molecule has 0 aliphatic heterocycles. The SMILES string of the molecule is O=C1c2ccc(N(c3ccc(-c4ccccc4)cc3)c3ccc(-c4ccccc4)cc3)cc2C(O)c2cc(N(c3ccc(-c4ccccc4)cc3)c3ccc(-c4ccccc4)cc3)ccc21. The molecular formula is C62H44N2O2. The molecule has 4 heteroatoms. The number of rotatable bonds is 10. The smallest absolute Gasteiger partial charge is 0.193 e. The van der Waals surface area contributed by atoms with Crippen LogP contribution >= 0.6 is 0 Å². The minimum Gasteiger partial charge on any atom is -0.384 e. The lowest BCUT2D eigenvalue weighted by molar-refractivity contribution is 0.101. The van der Waals surface area contributed by atoms with Crippen molar-refractivity contribution in [3.8, 4) is 44.5 Å².